The lowest BCUT2D eigenvalue weighted by atomic mass is 10.1. The summed E-state index contributed by atoms with van der Waals surface area (Å²) >= 11 is 1.72. The fourth-order valence-corrected chi connectivity index (χ4v) is 2.96. The summed E-state index contributed by atoms with van der Waals surface area (Å²) in [5.41, 5.74) is 6.07. The fourth-order valence-electron chi connectivity index (χ4n) is 2.09. The standard InChI is InChI=1S/C16H19N3O2S/c1-11(8-14-6-3-7-22-14)10-18-15(20)12-4-2-5-13(9-12)19-16(17)21/h2-7,9,11H,8,10H2,1H3,(H,18,20)(H3,17,19,21). The normalized spacial score (nSPS) is 11.7. The van der Waals surface area contributed by atoms with Gasteiger partial charge in [-0.15, -0.1) is 11.3 Å². The van der Waals surface area contributed by atoms with Crippen molar-refractivity contribution in [1.29, 1.82) is 0 Å². The molecule has 0 bridgehead atoms. The molecule has 0 saturated heterocycles. The van der Waals surface area contributed by atoms with Crippen molar-refractivity contribution in [2.45, 2.75) is 13.3 Å². The van der Waals surface area contributed by atoms with Crippen molar-refractivity contribution < 1.29 is 9.59 Å². The Bertz CT molecular complexity index is 641. The van der Waals surface area contributed by atoms with Crippen LogP contribution in [0.25, 0.3) is 0 Å². The minimum atomic E-state index is -0.651. The van der Waals surface area contributed by atoms with Gasteiger partial charge in [0, 0.05) is 22.7 Å². The Morgan fingerprint density at radius 2 is 2.09 bits per heavy atom. The molecule has 4 N–H and O–H groups in total. The first-order valence-electron chi connectivity index (χ1n) is 7.01. The minimum Gasteiger partial charge on any atom is -0.352 e. The Morgan fingerprint density at radius 1 is 1.27 bits per heavy atom. The summed E-state index contributed by atoms with van der Waals surface area (Å²) in [7, 11) is 0. The quantitative estimate of drug-likeness (QED) is 0.765. The van der Waals surface area contributed by atoms with Crippen molar-refractivity contribution in [1.82, 2.24) is 5.32 Å². The lowest BCUT2D eigenvalue weighted by Gasteiger charge is -2.12. The number of rotatable bonds is 6. The second-order valence-corrected chi connectivity index (χ2v) is 6.20. The van der Waals surface area contributed by atoms with Gasteiger partial charge in [0.25, 0.3) is 5.91 Å². The van der Waals surface area contributed by atoms with Crippen LogP contribution in [0, 0.1) is 5.92 Å². The van der Waals surface area contributed by atoms with Crippen molar-refractivity contribution in [3.05, 3.63) is 52.2 Å². The van der Waals surface area contributed by atoms with E-state index < -0.39 is 6.03 Å². The van der Waals surface area contributed by atoms with Crippen LogP contribution in [0.3, 0.4) is 0 Å². The van der Waals surface area contributed by atoms with Crippen molar-refractivity contribution in [3.8, 4) is 0 Å². The number of nitrogens with two attached hydrogens (primary N) is 1. The molecule has 0 fully saturated rings. The van der Waals surface area contributed by atoms with Crippen LogP contribution in [0.4, 0.5) is 10.5 Å². The van der Waals surface area contributed by atoms with Crippen LogP contribution in [0.2, 0.25) is 0 Å². The molecule has 1 heterocycles. The summed E-state index contributed by atoms with van der Waals surface area (Å²) in [4.78, 5) is 24.3. The highest BCUT2D eigenvalue weighted by atomic mass is 32.1. The molecule has 6 heteroatoms. The monoisotopic (exact) mass is 317 g/mol. The van der Waals surface area contributed by atoms with E-state index in [1.54, 1.807) is 35.6 Å². The summed E-state index contributed by atoms with van der Waals surface area (Å²) in [6.45, 7) is 2.70. The molecule has 0 aliphatic rings. The van der Waals surface area contributed by atoms with E-state index in [0.29, 0.717) is 23.7 Å². The number of amides is 3. The van der Waals surface area contributed by atoms with E-state index >= 15 is 0 Å². The van der Waals surface area contributed by atoms with Gasteiger partial charge in [-0.05, 0) is 42.0 Å². The lowest BCUT2D eigenvalue weighted by Crippen LogP contribution is -2.29. The van der Waals surface area contributed by atoms with Crippen molar-refractivity contribution in [3.63, 3.8) is 0 Å². The largest absolute Gasteiger partial charge is 0.352 e. The van der Waals surface area contributed by atoms with Gasteiger partial charge in [-0.3, -0.25) is 4.79 Å². The van der Waals surface area contributed by atoms with Gasteiger partial charge in [0.15, 0.2) is 0 Å². The number of carbonyl (C=O) groups is 2. The number of hydrogen-bond donors (Lipinski definition) is 3. The third-order valence-electron chi connectivity index (χ3n) is 3.13. The second kappa shape index (κ2) is 7.61. The molecule has 3 amide bonds. The van der Waals surface area contributed by atoms with E-state index in [1.807, 2.05) is 6.07 Å². The van der Waals surface area contributed by atoms with E-state index in [1.165, 1.54) is 4.88 Å². The van der Waals surface area contributed by atoms with Gasteiger partial charge in [-0.2, -0.15) is 0 Å². The van der Waals surface area contributed by atoms with Crippen molar-refractivity contribution in [2.24, 2.45) is 11.7 Å². The van der Waals surface area contributed by atoms with E-state index in [4.69, 9.17) is 5.73 Å². The lowest BCUT2D eigenvalue weighted by molar-refractivity contribution is 0.0948. The molecule has 2 rings (SSSR count). The van der Waals surface area contributed by atoms with E-state index in [-0.39, 0.29) is 5.91 Å². The molecular weight excluding hydrogens is 298 g/mol. The maximum absolute atomic E-state index is 12.1. The number of carbonyl (C=O) groups excluding carboxylic acids is 2. The maximum Gasteiger partial charge on any atom is 0.316 e. The third kappa shape index (κ3) is 4.89. The number of hydrogen-bond acceptors (Lipinski definition) is 3. The van der Waals surface area contributed by atoms with Crippen LogP contribution in [0.1, 0.15) is 22.2 Å². The highest BCUT2D eigenvalue weighted by Gasteiger charge is 2.10. The van der Waals surface area contributed by atoms with Gasteiger partial charge >= 0.3 is 6.03 Å². The molecule has 116 valence electrons. The van der Waals surface area contributed by atoms with Gasteiger partial charge in [-0.1, -0.05) is 19.1 Å². The van der Waals surface area contributed by atoms with Crippen molar-refractivity contribution in [2.75, 3.05) is 11.9 Å². The van der Waals surface area contributed by atoms with Crippen LogP contribution in [0.15, 0.2) is 41.8 Å². The first-order valence-corrected chi connectivity index (χ1v) is 7.89. The Morgan fingerprint density at radius 3 is 2.77 bits per heavy atom. The molecule has 1 aromatic heterocycles. The fraction of sp³-hybridized carbons (Fsp3) is 0.250. The number of urea groups is 1. The van der Waals surface area contributed by atoms with Crippen LogP contribution in [-0.4, -0.2) is 18.5 Å². The molecule has 5 nitrogen and oxygen atoms in total. The number of nitrogens with one attached hydrogen (secondary N) is 2. The smallest absolute Gasteiger partial charge is 0.316 e. The summed E-state index contributed by atoms with van der Waals surface area (Å²) in [5.74, 6) is 0.195. The Labute approximate surface area is 133 Å². The average molecular weight is 317 g/mol. The highest BCUT2D eigenvalue weighted by molar-refractivity contribution is 7.09. The molecule has 1 unspecified atom stereocenters. The SMILES string of the molecule is CC(CNC(=O)c1cccc(NC(N)=O)c1)Cc1cccs1. The first kappa shape index (κ1) is 16.0. The van der Waals surface area contributed by atoms with E-state index in [9.17, 15) is 9.59 Å². The molecule has 0 aliphatic carbocycles. The molecule has 2 aromatic rings. The number of anilines is 1. The number of benzene rings is 1. The third-order valence-corrected chi connectivity index (χ3v) is 4.03. The van der Waals surface area contributed by atoms with Gasteiger partial charge in [0.2, 0.25) is 0 Å². The summed E-state index contributed by atoms with van der Waals surface area (Å²) in [5, 5.41) is 7.42. The second-order valence-electron chi connectivity index (χ2n) is 5.17. The summed E-state index contributed by atoms with van der Waals surface area (Å²) < 4.78 is 0. The summed E-state index contributed by atoms with van der Waals surface area (Å²) in [6.07, 6.45) is 0.946. The van der Waals surface area contributed by atoms with Crippen LogP contribution in [0.5, 0.6) is 0 Å². The van der Waals surface area contributed by atoms with Gasteiger partial charge in [0.05, 0.1) is 0 Å². The van der Waals surface area contributed by atoms with Crippen LogP contribution in [-0.2, 0) is 6.42 Å². The molecule has 1 aromatic carbocycles. The molecule has 0 aliphatic heterocycles. The average Bonchev–Trinajstić information content (AvgIpc) is 2.97. The Balaban J connectivity index is 1.87. The van der Waals surface area contributed by atoms with Crippen molar-refractivity contribution >= 4 is 29.0 Å². The molecule has 0 radical (unpaired) electrons. The topological polar surface area (TPSA) is 84.2 Å². The zero-order valence-corrected chi connectivity index (χ0v) is 13.2. The number of primary amides is 1. The van der Waals surface area contributed by atoms with E-state index in [0.717, 1.165) is 6.42 Å². The van der Waals surface area contributed by atoms with Gasteiger partial charge in [0.1, 0.15) is 0 Å². The van der Waals surface area contributed by atoms with Crippen LogP contribution < -0.4 is 16.4 Å². The Hall–Kier alpha value is -2.34. The van der Waals surface area contributed by atoms with Gasteiger partial charge in [-0.25, -0.2) is 4.79 Å². The predicted octanol–water partition coefficient (Wildman–Crippen LogP) is 2.85. The molecule has 22 heavy (non-hydrogen) atoms. The molecule has 1 atom stereocenters. The predicted molar refractivity (Wildman–Crippen MR) is 89.2 cm³/mol. The first-order chi connectivity index (χ1) is 10.5. The molecule has 0 saturated carbocycles. The minimum absolute atomic E-state index is 0.161. The zero-order chi connectivity index (χ0) is 15.9. The molecular formula is C16H19N3O2S. The number of thiophene rings is 1. The Kier molecular flexibility index (Phi) is 5.55. The van der Waals surface area contributed by atoms with E-state index in [2.05, 4.69) is 29.0 Å². The van der Waals surface area contributed by atoms with Crippen LogP contribution >= 0.6 is 11.3 Å². The highest BCUT2D eigenvalue weighted by Crippen LogP contribution is 2.14. The summed E-state index contributed by atoms with van der Waals surface area (Å²) in [6, 6.07) is 10.2. The maximum atomic E-state index is 12.1. The molecule has 0 spiro atoms. The zero-order valence-electron chi connectivity index (χ0n) is 12.3. The van der Waals surface area contributed by atoms with Gasteiger partial charge < -0.3 is 16.4 Å².